The SMILES string of the molecule is CCNc1nc(Cl)nc(N2CCC(N(C)C)C2)n1. The molecule has 0 amide bonds. The summed E-state index contributed by atoms with van der Waals surface area (Å²) in [7, 11) is 4.19. The molecule has 1 aliphatic heterocycles. The van der Waals surface area contributed by atoms with Gasteiger partial charge in [0.25, 0.3) is 0 Å². The van der Waals surface area contributed by atoms with Gasteiger partial charge in [0.1, 0.15) is 0 Å². The Kier molecular flexibility index (Phi) is 4.19. The Hall–Kier alpha value is -1.14. The molecule has 6 nitrogen and oxygen atoms in total. The Balaban J connectivity index is 2.13. The number of aromatic nitrogens is 3. The first-order chi connectivity index (χ1) is 8.60. The second-order valence-electron chi connectivity index (χ2n) is 4.61. The van der Waals surface area contributed by atoms with Crippen LogP contribution in [0.2, 0.25) is 5.28 Å². The van der Waals surface area contributed by atoms with E-state index in [1.54, 1.807) is 0 Å². The van der Waals surface area contributed by atoms with Crippen LogP contribution >= 0.6 is 11.6 Å². The fourth-order valence-corrected chi connectivity index (χ4v) is 2.22. The van der Waals surface area contributed by atoms with Crippen LogP contribution in [0, 0.1) is 0 Å². The van der Waals surface area contributed by atoms with E-state index in [4.69, 9.17) is 11.6 Å². The van der Waals surface area contributed by atoms with Crippen LogP contribution in [-0.4, -0.2) is 59.6 Å². The van der Waals surface area contributed by atoms with Crippen LogP contribution in [0.15, 0.2) is 0 Å². The number of hydrogen-bond acceptors (Lipinski definition) is 6. The zero-order chi connectivity index (χ0) is 13.1. The van der Waals surface area contributed by atoms with Crippen molar-refractivity contribution in [1.82, 2.24) is 19.9 Å². The molecule has 2 heterocycles. The first-order valence-corrected chi connectivity index (χ1v) is 6.54. The smallest absolute Gasteiger partial charge is 0.231 e. The summed E-state index contributed by atoms with van der Waals surface area (Å²) in [4.78, 5) is 17.0. The summed E-state index contributed by atoms with van der Waals surface area (Å²) in [6, 6.07) is 0.545. The van der Waals surface area contributed by atoms with Gasteiger partial charge in [-0.25, -0.2) is 0 Å². The topological polar surface area (TPSA) is 57.2 Å². The molecule has 1 aromatic rings. The molecule has 1 N–H and O–H groups in total. The van der Waals surface area contributed by atoms with E-state index in [0.717, 1.165) is 26.1 Å². The van der Waals surface area contributed by atoms with E-state index in [0.29, 0.717) is 17.9 Å². The normalized spacial score (nSPS) is 19.6. The molecule has 100 valence electrons. The highest BCUT2D eigenvalue weighted by Gasteiger charge is 2.26. The van der Waals surface area contributed by atoms with E-state index in [2.05, 4.69) is 44.2 Å². The number of nitrogens with zero attached hydrogens (tertiary/aromatic N) is 5. The molecule has 0 saturated carbocycles. The maximum Gasteiger partial charge on any atom is 0.231 e. The Morgan fingerprint density at radius 3 is 2.78 bits per heavy atom. The monoisotopic (exact) mass is 270 g/mol. The average molecular weight is 271 g/mol. The minimum atomic E-state index is 0.240. The zero-order valence-electron chi connectivity index (χ0n) is 11.0. The lowest BCUT2D eigenvalue weighted by Crippen LogP contribution is -2.32. The van der Waals surface area contributed by atoms with Gasteiger partial charge >= 0.3 is 0 Å². The maximum absolute atomic E-state index is 5.92. The molecule has 0 spiro atoms. The molecule has 0 radical (unpaired) electrons. The highest BCUT2D eigenvalue weighted by atomic mass is 35.5. The lowest BCUT2D eigenvalue weighted by molar-refractivity contribution is 0.315. The predicted octanol–water partition coefficient (Wildman–Crippen LogP) is 1.10. The van der Waals surface area contributed by atoms with Crippen molar-refractivity contribution in [3.05, 3.63) is 5.28 Å². The first-order valence-electron chi connectivity index (χ1n) is 6.17. The number of rotatable bonds is 4. The number of hydrogen-bond donors (Lipinski definition) is 1. The Bertz CT molecular complexity index is 411. The van der Waals surface area contributed by atoms with Crippen molar-refractivity contribution in [3.63, 3.8) is 0 Å². The second kappa shape index (κ2) is 5.67. The van der Waals surface area contributed by atoms with E-state index in [9.17, 15) is 0 Å². The summed E-state index contributed by atoms with van der Waals surface area (Å²) in [5, 5.41) is 3.30. The molecule has 1 saturated heterocycles. The molecule has 18 heavy (non-hydrogen) atoms. The zero-order valence-corrected chi connectivity index (χ0v) is 11.8. The van der Waals surface area contributed by atoms with Gasteiger partial charge in [0.05, 0.1) is 0 Å². The number of nitrogens with one attached hydrogen (secondary N) is 1. The van der Waals surface area contributed by atoms with Gasteiger partial charge in [-0.05, 0) is 39.0 Å². The van der Waals surface area contributed by atoms with Gasteiger partial charge in [0.2, 0.25) is 17.2 Å². The molecule has 1 aromatic heterocycles. The van der Waals surface area contributed by atoms with Crippen molar-refractivity contribution in [2.24, 2.45) is 0 Å². The molecule has 0 bridgehead atoms. The van der Waals surface area contributed by atoms with Crippen molar-refractivity contribution in [2.45, 2.75) is 19.4 Å². The van der Waals surface area contributed by atoms with Gasteiger partial charge in [-0.15, -0.1) is 0 Å². The molecule has 7 heteroatoms. The van der Waals surface area contributed by atoms with E-state index in [-0.39, 0.29) is 5.28 Å². The van der Waals surface area contributed by atoms with Crippen molar-refractivity contribution >= 4 is 23.5 Å². The minimum Gasteiger partial charge on any atom is -0.354 e. The fraction of sp³-hybridized carbons (Fsp3) is 0.727. The van der Waals surface area contributed by atoms with Gasteiger partial charge < -0.3 is 15.1 Å². The quantitative estimate of drug-likeness (QED) is 0.884. The van der Waals surface area contributed by atoms with Gasteiger partial charge in [0.15, 0.2) is 0 Å². The van der Waals surface area contributed by atoms with Gasteiger partial charge in [-0.3, -0.25) is 0 Å². The Morgan fingerprint density at radius 1 is 1.39 bits per heavy atom. The molecular weight excluding hydrogens is 252 g/mol. The number of likely N-dealkylation sites (N-methyl/N-ethyl adjacent to an activating group) is 1. The highest BCUT2D eigenvalue weighted by molar-refractivity contribution is 6.28. The standard InChI is InChI=1S/C11H19ClN6/c1-4-13-10-14-9(12)15-11(16-10)18-6-5-8(7-18)17(2)3/h8H,4-7H2,1-3H3,(H,13,14,15,16). The minimum absolute atomic E-state index is 0.240. The van der Waals surface area contributed by atoms with Crippen molar-refractivity contribution < 1.29 is 0 Å². The van der Waals surface area contributed by atoms with Crippen LogP contribution in [0.4, 0.5) is 11.9 Å². The summed E-state index contributed by atoms with van der Waals surface area (Å²) < 4.78 is 0. The summed E-state index contributed by atoms with van der Waals surface area (Å²) in [6.07, 6.45) is 1.12. The molecule has 0 aromatic carbocycles. The average Bonchev–Trinajstić information content (AvgIpc) is 2.78. The van der Waals surface area contributed by atoms with Crippen molar-refractivity contribution in [1.29, 1.82) is 0 Å². The van der Waals surface area contributed by atoms with Crippen molar-refractivity contribution in [2.75, 3.05) is 43.9 Å². The predicted molar refractivity (Wildman–Crippen MR) is 73.3 cm³/mol. The van der Waals surface area contributed by atoms with E-state index in [1.165, 1.54) is 0 Å². The fourth-order valence-electron chi connectivity index (χ4n) is 2.06. The lowest BCUT2D eigenvalue weighted by atomic mass is 10.2. The molecule has 1 atom stereocenters. The van der Waals surface area contributed by atoms with Gasteiger partial charge in [0, 0.05) is 25.7 Å². The van der Waals surface area contributed by atoms with Crippen LogP contribution in [0.25, 0.3) is 0 Å². The number of halogens is 1. The van der Waals surface area contributed by atoms with Gasteiger partial charge in [-0.1, -0.05) is 0 Å². The van der Waals surface area contributed by atoms with E-state index >= 15 is 0 Å². The molecule has 2 rings (SSSR count). The first kappa shape index (κ1) is 13.3. The summed E-state index contributed by atoms with van der Waals surface area (Å²) in [5.41, 5.74) is 0. The third-order valence-electron chi connectivity index (χ3n) is 3.11. The number of anilines is 2. The summed E-state index contributed by atoms with van der Waals surface area (Å²) in [5.74, 6) is 1.20. The Labute approximate surface area is 112 Å². The van der Waals surface area contributed by atoms with Crippen LogP contribution in [0.3, 0.4) is 0 Å². The third kappa shape index (κ3) is 3.00. The van der Waals surface area contributed by atoms with Gasteiger partial charge in [-0.2, -0.15) is 15.0 Å². The largest absolute Gasteiger partial charge is 0.354 e. The van der Waals surface area contributed by atoms with Crippen molar-refractivity contribution in [3.8, 4) is 0 Å². The van der Waals surface area contributed by atoms with E-state index in [1.807, 2.05) is 6.92 Å². The molecule has 1 unspecified atom stereocenters. The lowest BCUT2D eigenvalue weighted by Gasteiger charge is -2.20. The Morgan fingerprint density at radius 2 is 2.17 bits per heavy atom. The molecular formula is C11H19ClN6. The van der Waals surface area contributed by atoms with Crippen LogP contribution in [0.5, 0.6) is 0 Å². The van der Waals surface area contributed by atoms with Crippen LogP contribution in [-0.2, 0) is 0 Å². The second-order valence-corrected chi connectivity index (χ2v) is 4.95. The van der Waals surface area contributed by atoms with E-state index < -0.39 is 0 Å². The van der Waals surface area contributed by atoms with Crippen LogP contribution in [0.1, 0.15) is 13.3 Å². The summed E-state index contributed by atoms with van der Waals surface area (Å²) >= 11 is 5.92. The molecule has 0 aliphatic carbocycles. The van der Waals surface area contributed by atoms with Crippen LogP contribution < -0.4 is 10.2 Å². The molecule has 1 aliphatic rings. The maximum atomic E-state index is 5.92. The highest BCUT2D eigenvalue weighted by Crippen LogP contribution is 2.20. The third-order valence-corrected chi connectivity index (χ3v) is 3.28. The summed E-state index contributed by atoms with van der Waals surface area (Å²) in [6.45, 7) is 4.64. The molecule has 1 fully saturated rings.